The minimum absolute atomic E-state index is 0.183. The van der Waals surface area contributed by atoms with Crippen LogP contribution in [-0.4, -0.2) is 0 Å². The Bertz CT molecular complexity index is 1470. The van der Waals surface area contributed by atoms with E-state index in [1.807, 2.05) is 72.8 Å². The van der Waals surface area contributed by atoms with Crippen molar-refractivity contribution in [2.45, 2.75) is 13.5 Å². The van der Waals surface area contributed by atoms with Crippen LogP contribution < -0.4 is 19.6 Å². The van der Waals surface area contributed by atoms with Crippen molar-refractivity contribution < 1.29 is 18.6 Å². The molecule has 0 fully saturated rings. The van der Waals surface area contributed by atoms with Gasteiger partial charge in [-0.2, -0.15) is 0 Å². The van der Waals surface area contributed by atoms with E-state index in [0.717, 1.165) is 17.1 Å². The van der Waals surface area contributed by atoms with Gasteiger partial charge in [-0.25, -0.2) is 0 Å². The lowest BCUT2D eigenvalue weighted by Crippen LogP contribution is -2.07. The zero-order chi connectivity index (χ0) is 23.3. The van der Waals surface area contributed by atoms with Crippen LogP contribution in [0.5, 0.6) is 28.7 Å². The van der Waals surface area contributed by atoms with Crippen LogP contribution in [0.3, 0.4) is 0 Å². The molecule has 1 aromatic heterocycles. The van der Waals surface area contributed by atoms with Gasteiger partial charge in [0.15, 0.2) is 0 Å². The highest BCUT2D eigenvalue weighted by atomic mass is 16.5. The third kappa shape index (κ3) is 4.79. The maximum absolute atomic E-state index is 13.0. The van der Waals surface area contributed by atoms with E-state index in [-0.39, 0.29) is 11.2 Å². The fourth-order valence-corrected chi connectivity index (χ4v) is 3.57. The molecule has 0 aliphatic rings. The number of ether oxygens (including phenoxy) is 3. The molecular formula is C29H22O5. The van der Waals surface area contributed by atoms with Gasteiger partial charge in [0.1, 0.15) is 40.9 Å². The standard InChI is InChI=1S/C29H22O5/c1-20-29(34-23-12-6-3-7-13-23)28(30)26-16-15-24(18-27(26)32-20)31-19-21-9-8-14-25(17-21)33-22-10-4-2-5-11-22/h2-18H,19H2,1H3. The van der Waals surface area contributed by atoms with Gasteiger partial charge in [-0.15, -0.1) is 0 Å². The number of aryl methyl sites for hydroxylation is 1. The molecule has 168 valence electrons. The molecular weight excluding hydrogens is 428 g/mol. The number of fused-ring (bicyclic) bond motifs is 1. The summed E-state index contributed by atoms with van der Waals surface area (Å²) in [5.74, 6) is 3.28. The van der Waals surface area contributed by atoms with E-state index < -0.39 is 0 Å². The van der Waals surface area contributed by atoms with Crippen LogP contribution >= 0.6 is 0 Å². The summed E-state index contributed by atoms with van der Waals surface area (Å²) in [5, 5.41) is 0.433. The Morgan fingerprint density at radius 1 is 0.676 bits per heavy atom. The number of rotatable bonds is 7. The average Bonchev–Trinajstić information content (AvgIpc) is 2.87. The first-order valence-corrected chi connectivity index (χ1v) is 10.9. The van der Waals surface area contributed by atoms with Crippen molar-refractivity contribution >= 4 is 11.0 Å². The van der Waals surface area contributed by atoms with Crippen molar-refractivity contribution in [3.63, 3.8) is 0 Å². The maximum Gasteiger partial charge on any atom is 0.235 e. The molecule has 4 aromatic carbocycles. The Morgan fingerprint density at radius 2 is 1.35 bits per heavy atom. The quantitative estimate of drug-likeness (QED) is 0.261. The zero-order valence-electron chi connectivity index (χ0n) is 18.6. The first-order chi connectivity index (χ1) is 16.7. The van der Waals surface area contributed by atoms with Gasteiger partial charge in [-0.05, 0) is 61.0 Å². The third-order valence-corrected chi connectivity index (χ3v) is 5.23. The molecule has 0 amide bonds. The lowest BCUT2D eigenvalue weighted by Gasteiger charge is -2.11. The summed E-state index contributed by atoms with van der Waals surface area (Å²) >= 11 is 0. The van der Waals surface area contributed by atoms with Crippen molar-refractivity contribution in [2.75, 3.05) is 0 Å². The highest BCUT2D eigenvalue weighted by molar-refractivity contribution is 5.79. The maximum atomic E-state index is 13.0. The van der Waals surface area contributed by atoms with Crippen molar-refractivity contribution in [2.24, 2.45) is 0 Å². The van der Waals surface area contributed by atoms with Crippen molar-refractivity contribution in [1.29, 1.82) is 0 Å². The van der Waals surface area contributed by atoms with E-state index in [2.05, 4.69) is 0 Å². The van der Waals surface area contributed by atoms with E-state index in [0.29, 0.717) is 34.8 Å². The Kier molecular flexibility index (Phi) is 5.99. The molecule has 0 saturated heterocycles. The van der Waals surface area contributed by atoms with Crippen molar-refractivity contribution in [3.8, 4) is 28.7 Å². The minimum atomic E-state index is -0.222. The van der Waals surface area contributed by atoms with Gasteiger partial charge in [0.05, 0.1) is 5.39 Å². The van der Waals surface area contributed by atoms with Crippen molar-refractivity contribution in [3.05, 3.63) is 125 Å². The molecule has 0 atom stereocenters. The predicted molar refractivity (Wildman–Crippen MR) is 131 cm³/mol. The van der Waals surface area contributed by atoms with E-state index >= 15 is 0 Å². The smallest absolute Gasteiger partial charge is 0.235 e. The summed E-state index contributed by atoms with van der Waals surface area (Å²) in [6.45, 7) is 2.06. The van der Waals surface area contributed by atoms with Gasteiger partial charge in [-0.3, -0.25) is 4.79 Å². The summed E-state index contributed by atoms with van der Waals surface area (Å²) in [4.78, 5) is 13.0. The SMILES string of the molecule is Cc1oc2cc(OCc3cccc(Oc4ccccc4)c3)ccc2c(=O)c1Oc1ccccc1. The first-order valence-electron chi connectivity index (χ1n) is 10.9. The molecule has 5 rings (SSSR count). The Morgan fingerprint density at radius 3 is 2.09 bits per heavy atom. The molecule has 5 nitrogen and oxygen atoms in total. The average molecular weight is 450 g/mol. The van der Waals surface area contributed by atoms with Gasteiger partial charge in [0.25, 0.3) is 0 Å². The fraction of sp³-hybridized carbons (Fsp3) is 0.0690. The van der Waals surface area contributed by atoms with Crippen LogP contribution in [0.1, 0.15) is 11.3 Å². The molecule has 0 radical (unpaired) electrons. The molecule has 1 heterocycles. The molecule has 5 aromatic rings. The minimum Gasteiger partial charge on any atom is -0.489 e. The number of hydrogen-bond acceptors (Lipinski definition) is 5. The van der Waals surface area contributed by atoms with Crippen molar-refractivity contribution in [1.82, 2.24) is 0 Å². The van der Waals surface area contributed by atoms with E-state index in [1.165, 1.54) is 0 Å². The molecule has 0 aliphatic heterocycles. The van der Waals surface area contributed by atoms with Crippen LogP contribution in [0.2, 0.25) is 0 Å². The fourth-order valence-electron chi connectivity index (χ4n) is 3.57. The molecule has 0 unspecified atom stereocenters. The highest BCUT2D eigenvalue weighted by Gasteiger charge is 2.14. The summed E-state index contributed by atoms with van der Waals surface area (Å²) in [6, 6.07) is 31.7. The number of para-hydroxylation sites is 2. The Balaban J connectivity index is 1.33. The second-order valence-corrected chi connectivity index (χ2v) is 7.74. The van der Waals surface area contributed by atoms with Gasteiger partial charge in [-0.1, -0.05) is 48.5 Å². The number of benzene rings is 4. The molecule has 0 N–H and O–H groups in total. The summed E-state index contributed by atoms with van der Waals surface area (Å²) in [6.07, 6.45) is 0. The molecule has 0 spiro atoms. The lowest BCUT2D eigenvalue weighted by molar-refractivity contribution is 0.305. The second kappa shape index (κ2) is 9.55. The predicted octanol–water partition coefficient (Wildman–Crippen LogP) is 7.27. The first kappa shape index (κ1) is 21.3. The monoisotopic (exact) mass is 450 g/mol. The highest BCUT2D eigenvalue weighted by Crippen LogP contribution is 2.28. The van der Waals surface area contributed by atoms with Crippen LogP contribution in [0.15, 0.2) is 112 Å². The third-order valence-electron chi connectivity index (χ3n) is 5.23. The number of hydrogen-bond donors (Lipinski definition) is 0. The Labute approximate surface area is 196 Å². The molecule has 0 bridgehead atoms. The molecule has 34 heavy (non-hydrogen) atoms. The van der Waals surface area contributed by atoms with E-state index in [9.17, 15) is 4.79 Å². The zero-order valence-corrected chi connectivity index (χ0v) is 18.6. The van der Waals surface area contributed by atoms with Crippen LogP contribution in [-0.2, 0) is 6.61 Å². The van der Waals surface area contributed by atoms with E-state index in [4.69, 9.17) is 18.6 Å². The summed E-state index contributed by atoms with van der Waals surface area (Å²) in [5.41, 5.74) is 1.18. The largest absolute Gasteiger partial charge is 0.489 e. The van der Waals surface area contributed by atoms with Gasteiger partial charge >= 0.3 is 0 Å². The molecule has 5 heteroatoms. The van der Waals surface area contributed by atoms with Gasteiger partial charge in [0, 0.05) is 6.07 Å². The summed E-state index contributed by atoms with van der Waals surface area (Å²) < 4.78 is 23.5. The van der Waals surface area contributed by atoms with Gasteiger partial charge < -0.3 is 18.6 Å². The van der Waals surface area contributed by atoms with Crippen LogP contribution in [0.25, 0.3) is 11.0 Å². The molecule has 0 aliphatic carbocycles. The topological polar surface area (TPSA) is 57.9 Å². The van der Waals surface area contributed by atoms with Gasteiger partial charge in [0.2, 0.25) is 11.2 Å². The normalized spacial score (nSPS) is 10.7. The van der Waals surface area contributed by atoms with Crippen LogP contribution in [0.4, 0.5) is 0 Å². The summed E-state index contributed by atoms with van der Waals surface area (Å²) in [7, 11) is 0. The lowest BCUT2D eigenvalue weighted by atomic mass is 10.2. The Hall–Kier alpha value is -4.51. The second-order valence-electron chi connectivity index (χ2n) is 7.74. The van der Waals surface area contributed by atoms with E-state index in [1.54, 1.807) is 37.3 Å². The molecule has 0 saturated carbocycles. The van der Waals surface area contributed by atoms with Crippen LogP contribution in [0, 0.1) is 6.92 Å².